The third-order valence-corrected chi connectivity index (χ3v) is 2.72. The Morgan fingerprint density at radius 3 is 2.50 bits per heavy atom. The van der Waals surface area contributed by atoms with Gasteiger partial charge in [-0.05, 0) is 25.7 Å². The number of esters is 1. The van der Waals surface area contributed by atoms with E-state index in [2.05, 4.69) is 10.1 Å². The molecule has 3 heteroatoms. The Labute approximate surface area is 72.5 Å². The minimum absolute atomic E-state index is 0.0381. The molecular formula is C9H15NO2. The van der Waals surface area contributed by atoms with Crippen LogP contribution in [-0.4, -0.2) is 25.2 Å². The molecular weight excluding hydrogens is 154 g/mol. The van der Waals surface area contributed by atoms with E-state index >= 15 is 0 Å². The highest BCUT2D eigenvalue weighted by molar-refractivity contribution is 5.73. The molecule has 0 amide bonds. The summed E-state index contributed by atoms with van der Waals surface area (Å²) in [6.07, 6.45) is 4.59. The summed E-state index contributed by atoms with van der Waals surface area (Å²) in [5, 5.41) is 3.49. The summed E-state index contributed by atoms with van der Waals surface area (Å²) < 4.78 is 4.66. The minimum Gasteiger partial charge on any atom is -0.469 e. The van der Waals surface area contributed by atoms with Crippen molar-refractivity contribution in [2.75, 3.05) is 7.11 Å². The van der Waals surface area contributed by atoms with Crippen LogP contribution in [0.2, 0.25) is 0 Å². The smallest absolute Gasteiger partial charge is 0.308 e. The highest BCUT2D eigenvalue weighted by Crippen LogP contribution is 2.31. The number of hydrogen-bond acceptors (Lipinski definition) is 3. The largest absolute Gasteiger partial charge is 0.469 e. The van der Waals surface area contributed by atoms with E-state index in [4.69, 9.17) is 0 Å². The number of carbonyl (C=O) groups excluding carboxylic acids is 1. The van der Waals surface area contributed by atoms with Gasteiger partial charge in [-0.25, -0.2) is 0 Å². The molecule has 0 aromatic carbocycles. The molecule has 3 nitrogen and oxygen atoms in total. The highest BCUT2D eigenvalue weighted by atomic mass is 16.5. The van der Waals surface area contributed by atoms with Crippen molar-refractivity contribution in [3.8, 4) is 0 Å². The molecule has 2 fully saturated rings. The first kappa shape index (κ1) is 8.05. The van der Waals surface area contributed by atoms with E-state index in [1.165, 1.54) is 20.0 Å². The Morgan fingerprint density at radius 1 is 1.33 bits per heavy atom. The molecule has 0 atom stereocenters. The first-order valence-electron chi connectivity index (χ1n) is 4.63. The number of carbonyl (C=O) groups is 1. The van der Waals surface area contributed by atoms with Crippen molar-refractivity contribution in [2.24, 2.45) is 5.92 Å². The van der Waals surface area contributed by atoms with Crippen molar-refractivity contribution in [3.63, 3.8) is 0 Å². The average Bonchev–Trinajstić information content (AvgIpc) is 2.78. The zero-order valence-corrected chi connectivity index (χ0v) is 7.38. The topological polar surface area (TPSA) is 38.3 Å². The van der Waals surface area contributed by atoms with Gasteiger partial charge < -0.3 is 10.1 Å². The van der Waals surface area contributed by atoms with Crippen molar-refractivity contribution in [1.82, 2.24) is 5.32 Å². The van der Waals surface area contributed by atoms with Gasteiger partial charge >= 0.3 is 5.97 Å². The van der Waals surface area contributed by atoms with Gasteiger partial charge in [-0.2, -0.15) is 0 Å². The standard InChI is InChI=1S/C9H15NO2/c1-12-9(11)6-4-8(5-6)10-7-2-3-7/h6-8,10H,2-5H2,1H3. The summed E-state index contributed by atoms with van der Waals surface area (Å²) in [7, 11) is 1.46. The summed E-state index contributed by atoms with van der Waals surface area (Å²) in [5.74, 6) is 0.134. The van der Waals surface area contributed by atoms with Crippen LogP contribution < -0.4 is 5.32 Å². The fourth-order valence-electron chi connectivity index (χ4n) is 1.70. The molecule has 1 N–H and O–H groups in total. The van der Waals surface area contributed by atoms with Crippen molar-refractivity contribution in [1.29, 1.82) is 0 Å². The van der Waals surface area contributed by atoms with Crippen LogP contribution in [0, 0.1) is 5.92 Å². The van der Waals surface area contributed by atoms with E-state index in [-0.39, 0.29) is 11.9 Å². The third kappa shape index (κ3) is 1.61. The van der Waals surface area contributed by atoms with E-state index < -0.39 is 0 Å². The molecule has 0 saturated heterocycles. The SMILES string of the molecule is COC(=O)C1CC(NC2CC2)C1. The van der Waals surface area contributed by atoms with E-state index in [9.17, 15) is 4.79 Å². The Hall–Kier alpha value is -0.570. The van der Waals surface area contributed by atoms with Gasteiger partial charge in [0, 0.05) is 12.1 Å². The van der Waals surface area contributed by atoms with Crippen LogP contribution in [0.4, 0.5) is 0 Å². The maximum Gasteiger partial charge on any atom is 0.308 e. The highest BCUT2D eigenvalue weighted by Gasteiger charge is 2.37. The minimum atomic E-state index is -0.0381. The molecule has 0 radical (unpaired) electrons. The fraction of sp³-hybridized carbons (Fsp3) is 0.889. The fourth-order valence-corrected chi connectivity index (χ4v) is 1.70. The number of hydrogen-bond donors (Lipinski definition) is 1. The molecule has 0 aliphatic heterocycles. The van der Waals surface area contributed by atoms with Crippen LogP contribution in [0.5, 0.6) is 0 Å². The van der Waals surface area contributed by atoms with Gasteiger partial charge in [-0.15, -0.1) is 0 Å². The summed E-state index contributed by atoms with van der Waals surface area (Å²) in [4.78, 5) is 11.0. The number of nitrogens with one attached hydrogen (secondary N) is 1. The summed E-state index contributed by atoms with van der Waals surface area (Å²) in [5.41, 5.74) is 0. The number of rotatable bonds is 3. The Bertz CT molecular complexity index is 183. The van der Waals surface area contributed by atoms with Crippen molar-refractivity contribution in [3.05, 3.63) is 0 Å². The molecule has 0 heterocycles. The van der Waals surface area contributed by atoms with Crippen LogP contribution in [0.1, 0.15) is 25.7 Å². The van der Waals surface area contributed by atoms with Gasteiger partial charge in [0.2, 0.25) is 0 Å². The zero-order valence-electron chi connectivity index (χ0n) is 7.38. The summed E-state index contributed by atoms with van der Waals surface area (Å²) >= 11 is 0. The lowest BCUT2D eigenvalue weighted by Gasteiger charge is -2.33. The monoisotopic (exact) mass is 169 g/mol. The maximum absolute atomic E-state index is 11.0. The van der Waals surface area contributed by atoms with Gasteiger partial charge in [-0.3, -0.25) is 4.79 Å². The second-order valence-electron chi connectivity index (χ2n) is 3.83. The molecule has 12 heavy (non-hydrogen) atoms. The van der Waals surface area contributed by atoms with Crippen molar-refractivity contribution < 1.29 is 9.53 Å². The van der Waals surface area contributed by atoms with Gasteiger partial charge in [0.15, 0.2) is 0 Å². The van der Waals surface area contributed by atoms with Gasteiger partial charge in [0.1, 0.15) is 0 Å². The van der Waals surface area contributed by atoms with Crippen molar-refractivity contribution in [2.45, 2.75) is 37.8 Å². The lowest BCUT2D eigenvalue weighted by molar-refractivity contribution is -0.149. The summed E-state index contributed by atoms with van der Waals surface area (Å²) in [6, 6.07) is 1.34. The Balaban J connectivity index is 1.65. The summed E-state index contributed by atoms with van der Waals surface area (Å²) in [6.45, 7) is 0. The second kappa shape index (κ2) is 3.05. The van der Waals surface area contributed by atoms with Gasteiger partial charge in [-0.1, -0.05) is 0 Å². The second-order valence-corrected chi connectivity index (χ2v) is 3.83. The lowest BCUT2D eigenvalue weighted by Crippen LogP contribution is -2.45. The molecule has 2 saturated carbocycles. The maximum atomic E-state index is 11.0. The quantitative estimate of drug-likeness (QED) is 0.632. The van der Waals surface area contributed by atoms with E-state index in [1.54, 1.807) is 0 Å². The van der Waals surface area contributed by atoms with Gasteiger partial charge in [0.05, 0.1) is 13.0 Å². The van der Waals surface area contributed by atoms with Crippen LogP contribution in [0.25, 0.3) is 0 Å². The molecule has 2 aliphatic carbocycles. The predicted octanol–water partition coefficient (Wildman–Crippen LogP) is 0.690. The predicted molar refractivity (Wildman–Crippen MR) is 44.7 cm³/mol. The molecule has 0 bridgehead atoms. The molecule has 2 rings (SSSR count). The normalized spacial score (nSPS) is 34.1. The zero-order chi connectivity index (χ0) is 8.55. The molecule has 2 aliphatic rings. The average molecular weight is 169 g/mol. The van der Waals surface area contributed by atoms with E-state index in [1.807, 2.05) is 0 Å². The molecule has 68 valence electrons. The third-order valence-electron chi connectivity index (χ3n) is 2.72. The van der Waals surface area contributed by atoms with Crippen LogP contribution in [-0.2, 0) is 9.53 Å². The van der Waals surface area contributed by atoms with E-state index in [0.29, 0.717) is 6.04 Å². The Kier molecular flexibility index (Phi) is 2.05. The van der Waals surface area contributed by atoms with Crippen LogP contribution in [0.15, 0.2) is 0 Å². The van der Waals surface area contributed by atoms with Crippen LogP contribution in [0.3, 0.4) is 0 Å². The molecule has 0 spiro atoms. The molecule has 0 aromatic rings. The first-order chi connectivity index (χ1) is 5.79. The van der Waals surface area contributed by atoms with Gasteiger partial charge in [0.25, 0.3) is 0 Å². The first-order valence-corrected chi connectivity index (χ1v) is 4.63. The van der Waals surface area contributed by atoms with Crippen LogP contribution >= 0.6 is 0 Å². The molecule has 0 unspecified atom stereocenters. The van der Waals surface area contributed by atoms with Crippen molar-refractivity contribution >= 4 is 5.97 Å². The Morgan fingerprint density at radius 2 is 2.00 bits per heavy atom. The number of methoxy groups -OCH3 is 1. The molecule has 0 aromatic heterocycles. The number of ether oxygens (including phenoxy) is 1. The van der Waals surface area contributed by atoms with E-state index in [0.717, 1.165) is 18.9 Å². The lowest BCUT2D eigenvalue weighted by atomic mass is 9.80.